The molecule has 5 nitrogen and oxygen atoms in total. The molecule has 0 aliphatic carbocycles. The molecule has 6 heteroatoms. The number of carbonyl (C=O) groups excluding carboxylic acids is 2. The number of rotatable bonds is 4. The highest BCUT2D eigenvalue weighted by atomic mass is 35.5. The van der Waals surface area contributed by atoms with E-state index in [2.05, 4.69) is 5.32 Å². The van der Waals surface area contributed by atoms with Gasteiger partial charge in [-0.15, -0.1) is 0 Å². The molecule has 1 aliphatic rings. The normalized spacial score (nSPS) is 13.3. The van der Waals surface area contributed by atoms with Gasteiger partial charge in [0.2, 0.25) is 11.8 Å². The summed E-state index contributed by atoms with van der Waals surface area (Å²) in [6.07, 6.45) is 0.799. The van der Waals surface area contributed by atoms with Crippen molar-refractivity contribution in [2.45, 2.75) is 20.3 Å². The molecule has 0 unspecified atom stereocenters. The first-order valence-electron chi connectivity index (χ1n) is 8.39. The molecular weight excluding hydrogens is 352 g/mol. The summed E-state index contributed by atoms with van der Waals surface area (Å²) in [4.78, 5) is 27.5. The van der Waals surface area contributed by atoms with Crippen LogP contribution in [0.2, 0.25) is 5.02 Å². The van der Waals surface area contributed by atoms with Gasteiger partial charge in [-0.1, -0.05) is 29.8 Å². The Balaban J connectivity index is 1.78. The minimum atomic E-state index is -1.22. The predicted octanol–water partition coefficient (Wildman–Crippen LogP) is 3.90. The number of amides is 2. The molecule has 0 radical (unpaired) electrons. The topological polar surface area (TPSA) is 58.6 Å². The van der Waals surface area contributed by atoms with E-state index in [9.17, 15) is 9.59 Å². The monoisotopic (exact) mass is 372 g/mol. The fraction of sp³-hybridized carbons (Fsp3) is 0.300. The third-order valence-corrected chi connectivity index (χ3v) is 4.94. The largest absolute Gasteiger partial charge is 0.495 e. The van der Waals surface area contributed by atoms with Crippen LogP contribution in [0, 0.1) is 5.41 Å². The van der Waals surface area contributed by atoms with Gasteiger partial charge in [0.15, 0.2) is 0 Å². The molecule has 26 heavy (non-hydrogen) atoms. The number of fused-ring (bicyclic) bond motifs is 1. The molecule has 2 aromatic rings. The molecule has 136 valence electrons. The third-order valence-electron chi connectivity index (χ3n) is 4.64. The summed E-state index contributed by atoms with van der Waals surface area (Å²) in [7, 11) is 1.52. The van der Waals surface area contributed by atoms with Crippen LogP contribution in [0.5, 0.6) is 5.75 Å². The van der Waals surface area contributed by atoms with Gasteiger partial charge in [0.05, 0.1) is 12.1 Å². The lowest BCUT2D eigenvalue weighted by atomic mass is 9.90. The summed E-state index contributed by atoms with van der Waals surface area (Å²) in [6.45, 7) is 3.86. The van der Waals surface area contributed by atoms with Crippen molar-refractivity contribution in [1.82, 2.24) is 0 Å². The summed E-state index contributed by atoms with van der Waals surface area (Å²) in [5.74, 6) is -0.0821. The first-order valence-corrected chi connectivity index (χ1v) is 8.77. The minimum absolute atomic E-state index is 0.223. The van der Waals surface area contributed by atoms with Gasteiger partial charge >= 0.3 is 0 Å². The van der Waals surface area contributed by atoms with Gasteiger partial charge < -0.3 is 15.0 Å². The van der Waals surface area contributed by atoms with Crippen molar-refractivity contribution in [3.05, 3.63) is 53.1 Å². The second kappa shape index (κ2) is 7.00. The first kappa shape index (κ1) is 18.3. The molecule has 1 aliphatic heterocycles. The molecule has 3 rings (SSSR count). The zero-order valence-electron chi connectivity index (χ0n) is 15.0. The second-order valence-electron chi connectivity index (χ2n) is 6.76. The number of hydrogen-bond acceptors (Lipinski definition) is 3. The summed E-state index contributed by atoms with van der Waals surface area (Å²) < 4.78 is 5.11. The van der Waals surface area contributed by atoms with Crippen molar-refractivity contribution in [2.75, 3.05) is 23.9 Å². The lowest BCUT2D eigenvalue weighted by Crippen LogP contribution is -2.47. The molecule has 0 spiro atoms. The first-order chi connectivity index (χ1) is 12.3. The van der Waals surface area contributed by atoms with Crippen LogP contribution in [-0.4, -0.2) is 25.5 Å². The fourth-order valence-corrected chi connectivity index (χ4v) is 3.27. The molecule has 0 saturated heterocycles. The Bertz CT molecular complexity index is 864. The van der Waals surface area contributed by atoms with Crippen molar-refractivity contribution < 1.29 is 14.3 Å². The Kier molecular flexibility index (Phi) is 4.92. The zero-order chi connectivity index (χ0) is 18.9. The molecule has 0 aromatic heterocycles. The smallest absolute Gasteiger partial charge is 0.242 e. The van der Waals surface area contributed by atoms with Crippen molar-refractivity contribution in [3.63, 3.8) is 0 Å². The average molecular weight is 373 g/mol. The highest BCUT2D eigenvalue weighted by Gasteiger charge is 2.41. The van der Waals surface area contributed by atoms with E-state index in [4.69, 9.17) is 16.3 Å². The number of nitrogens with one attached hydrogen (secondary N) is 1. The minimum Gasteiger partial charge on any atom is -0.495 e. The van der Waals surface area contributed by atoms with E-state index in [0.29, 0.717) is 23.0 Å². The van der Waals surface area contributed by atoms with Gasteiger partial charge in [0, 0.05) is 17.9 Å². The number of para-hydroxylation sites is 1. The van der Waals surface area contributed by atoms with Gasteiger partial charge in [-0.05, 0) is 50.1 Å². The number of hydrogen-bond donors (Lipinski definition) is 1. The fourth-order valence-electron chi connectivity index (χ4n) is 3.02. The molecule has 0 atom stereocenters. The summed E-state index contributed by atoms with van der Waals surface area (Å²) in [6, 6.07) is 12.7. The van der Waals surface area contributed by atoms with E-state index >= 15 is 0 Å². The van der Waals surface area contributed by atoms with Crippen molar-refractivity contribution in [1.29, 1.82) is 0 Å². The summed E-state index contributed by atoms with van der Waals surface area (Å²) in [5.41, 5.74) is 1.30. The van der Waals surface area contributed by atoms with Crippen LogP contribution in [0.1, 0.15) is 19.4 Å². The van der Waals surface area contributed by atoms with E-state index in [1.807, 2.05) is 24.3 Å². The third kappa shape index (κ3) is 3.27. The van der Waals surface area contributed by atoms with Crippen LogP contribution >= 0.6 is 11.6 Å². The number of halogens is 1. The van der Waals surface area contributed by atoms with E-state index in [1.165, 1.54) is 7.11 Å². The quantitative estimate of drug-likeness (QED) is 0.828. The van der Waals surface area contributed by atoms with Crippen molar-refractivity contribution in [2.24, 2.45) is 5.41 Å². The second-order valence-corrected chi connectivity index (χ2v) is 7.17. The highest BCUT2D eigenvalue weighted by Crippen LogP contribution is 2.33. The number of anilines is 2. The predicted molar refractivity (Wildman–Crippen MR) is 103 cm³/mol. The maximum absolute atomic E-state index is 13.0. The Hall–Kier alpha value is -2.53. The van der Waals surface area contributed by atoms with Gasteiger partial charge in [0.1, 0.15) is 11.2 Å². The highest BCUT2D eigenvalue weighted by molar-refractivity contribution is 6.32. The molecule has 2 amide bonds. The molecule has 0 bridgehead atoms. The van der Waals surface area contributed by atoms with Crippen molar-refractivity contribution in [3.8, 4) is 5.75 Å². The summed E-state index contributed by atoms with van der Waals surface area (Å²) in [5, 5.41) is 3.17. The molecule has 0 fully saturated rings. The molecular formula is C20H21ClN2O3. The van der Waals surface area contributed by atoms with Crippen LogP contribution < -0.4 is 15.0 Å². The molecule has 1 N–H and O–H groups in total. The van der Waals surface area contributed by atoms with Crippen LogP contribution in [0.3, 0.4) is 0 Å². The van der Waals surface area contributed by atoms with E-state index in [0.717, 1.165) is 17.7 Å². The van der Waals surface area contributed by atoms with Crippen LogP contribution in [0.25, 0.3) is 0 Å². The maximum atomic E-state index is 13.0. The standard InChI is InChI=1S/C20H21ClN2O3/c1-20(2,18(24)22-14-8-9-17(26-3)15(21)12-14)19(25)23-11-10-13-6-4-5-7-16(13)23/h4-9,12H,10-11H2,1-3H3,(H,22,24). The number of methoxy groups -OCH3 is 1. The Morgan fingerprint density at radius 1 is 1.19 bits per heavy atom. The number of nitrogens with zero attached hydrogens (tertiary/aromatic N) is 1. The average Bonchev–Trinajstić information content (AvgIpc) is 3.05. The lowest BCUT2D eigenvalue weighted by molar-refractivity contribution is -0.136. The maximum Gasteiger partial charge on any atom is 0.242 e. The SMILES string of the molecule is COc1ccc(NC(=O)C(C)(C)C(=O)N2CCc3ccccc32)cc1Cl. The van der Waals surface area contributed by atoms with Gasteiger partial charge in [0.25, 0.3) is 0 Å². The Morgan fingerprint density at radius 3 is 2.62 bits per heavy atom. The van der Waals surface area contributed by atoms with Crippen molar-refractivity contribution >= 4 is 34.8 Å². The number of benzene rings is 2. The lowest BCUT2D eigenvalue weighted by Gasteiger charge is -2.28. The summed E-state index contributed by atoms with van der Waals surface area (Å²) >= 11 is 6.10. The van der Waals surface area contributed by atoms with Crippen LogP contribution in [-0.2, 0) is 16.0 Å². The van der Waals surface area contributed by atoms with E-state index in [-0.39, 0.29) is 11.8 Å². The van der Waals surface area contributed by atoms with Crippen LogP contribution in [0.4, 0.5) is 11.4 Å². The molecule has 0 saturated carbocycles. The van der Waals surface area contributed by atoms with Crippen LogP contribution in [0.15, 0.2) is 42.5 Å². The number of ether oxygens (including phenoxy) is 1. The van der Waals surface area contributed by atoms with E-state index < -0.39 is 5.41 Å². The van der Waals surface area contributed by atoms with Gasteiger partial charge in [-0.25, -0.2) is 0 Å². The van der Waals surface area contributed by atoms with Gasteiger partial charge in [-0.2, -0.15) is 0 Å². The molecule has 2 aromatic carbocycles. The Morgan fingerprint density at radius 2 is 1.92 bits per heavy atom. The Labute approximate surface area is 157 Å². The zero-order valence-corrected chi connectivity index (χ0v) is 15.8. The number of carbonyl (C=O) groups is 2. The van der Waals surface area contributed by atoms with Gasteiger partial charge in [-0.3, -0.25) is 9.59 Å². The molecule has 1 heterocycles. The van der Waals surface area contributed by atoms with E-state index in [1.54, 1.807) is 36.9 Å².